The molecule has 6 nitrogen and oxygen atoms in total. The van der Waals surface area contributed by atoms with Gasteiger partial charge in [-0.1, -0.05) is 6.07 Å². The largest absolute Gasteiger partial charge is 0.496 e. The summed E-state index contributed by atoms with van der Waals surface area (Å²) in [5.74, 6) is 1.52. The minimum atomic E-state index is -0.239. The fourth-order valence-corrected chi connectivity index (χ4v) is 3.05. The van der Waals surface area contributed by atoms with Gasteiger partial charge in [-0.3, -0.25) is 4.79 Å². The molecule has 0 aliphatic heterocycles. The van der Waals surface area contributed by atoms with Crippen LogP contribution < -0.4 is 14.8 Å². The van der Waals surface area contributed by atoms with Crippen molar-refractivity contribution in [3.8, 4) is 22.3 Å². The van der Waals surface area contributed by atoms with Crippen LogP contribution in [0.3, 0.4) is 0 Å². The Morgan fingerprint density at radius 1 is 1.28 bits per heavy atom. The predicted molar refractivity (Wildman–Crippen MR) is 95.3 cm³/mol. The molecule has 7 heteroatoms. The maximum Gasteiger partial charge on any atom is 0.251 e. The molecule has 0 radical (unpaired) electrons. The lowest BCUT2D eigenvalue weighted by atomic mass is 10.1. The first-order valence-corrected chi connectivity index (χ1v) is 8.49. The number of thiophene rings is 1. The van der Waals surface area contributed by atoms with Crippen molar-refractivity contribution in [1.29, 1.82) is 0 Å². The first kappa shape index (κ1) is 17.0. The summed E-state index contributed by atoms with van der Waals surface area (Å²) in [4.78, 5) is 17.8. The number of rotatable bonds is 6. The first-order valence-electron chi connectivity index (χ1n) is 7.61. The zero-order valence-corrected chi connectivity index (χ0v) is 15.0. The third kappa shape index (κ3) is 3.66. The standard InChI is InChI=1S/C18H18N2O4S/c1-11-14(22-2)7-12(8-15(11)23-3)17(21)19-9-13-10-24-18(20-13)16-5-4-6-25-16/h4-8,10H,9H2,1-3H3,(H,19,21). The molecular weight excluding hydrogens is 340 g/mol. The fourth-order valence-electron chi connectivity index (χ4n) is 2.39. The molecule has 0 spiro atoms. The molecular formula is C18H18N2O4S. The van der Waals surface area contributed by atoms with E-state index < -0.39 is 0 Å². The van der Waals surface area contributed by atoms with Crippen LogP contribution in [0.4, 0.5) is 0 Å². The van der Waals surface area contributed by atoms with Crippen LogP contribution in [-0.2, 0) is 6.54 Å². The molecule has 0 unspecified atom stereocenters. The fraction of sp³-hybridized carbons (Fsp3) is 0.222. The number of carbonyl (C=O) groups is 1. The molecule has 0 atom stereocenters. The highest BCUT2D eigenvalue weighted by atomic mass is 32.1. The first-order chi connectivity index (χ1) is 12.1. The van der Waals surface area contributed by atoms with Gasteiger partial charge < -0.3 is 19.2 Å². The lowest BCUT2D eigenvalue weighted by molar-refractivity contribution is 0.0949. The van der Waals surface area contributed by atoms with Crippen molar-refractivity contribution in [3.05, 3.63) is 52.7 Å². The summed E-state index contributed by atoms with van der Waals surface area (Å²) in [7, 11) is 3.12. The van der Waals surface area contributed by atoms with Crippen molar-refractivity contribution in [2.45, 2.75) is 13.5 Å². The molecule has 0 bridgehead atoms. The Labute approximate surface area is 149 Å². The van der Waals surface area contributed by atoms with Crippen molar-refractivity contribution in [2.75, 3.05) is 14.2 Å². The van der Waals surface area contributed by atoms with E-state index in [0.29, 0.717) is 28.6 Å². The van der Waals surface area contributed by atoms with E-state index in [2.05, 4.69) is 10.3 Å². The van der Waals surface area contributed by atoms with Crippen molar-refractivity contribution >= 4 is 17.2 Å². The Hall–Kier alpha value is -2.80. The van der Waals surface area contributed by atoms with Crippen molar-refractivity contribution < 1.29 is 18.7 Å². The Kier molecular flexibility index (Phi) is 5.04. The molecule has 0 saturated heterocycles. The summed E-state index contributed by atoms with van der Waals surface area (Å²) in [6.45, 7) is 2.15. The van der Waals surface area contributed by atoms with Crippen LogP contribution in [0, 0.1) is 6.92 Å². The highest BCUT2D eigenvalue weighted by molar-refractivity contribution is 7.13. The predicted octanol–water partition coefficient (Wildman–Crippen LogP) is 3.66. The van der Waals surface area contributed by atoms with E-state index in [1.165, 1.54) is 0 Å². The zero-order chi connectivity index (χ0) is 17.8. The number of hydrogen-bond donors (Lipinski definition) is 1. The quantitative estimate of drug-likeness (QED) is 0.728. The summed E-state index contributed by atoms with van der Waals surface area (Å²) >= 11 is 1.55. The number of benzene rings is 1. The van der Waals surface area contributed by atoms with Crippen LogP contribution >= 0.6 is 11.3 Å². The second kappa shape index (κ2) is 7.40. The van der Waals surface area contributed by atoms with Gasteiger partial charge in [0.05, 0.1) is 31.3 Å². The molecule has 3 rings (SSSR count). The minimum absolute atomic E-state index is 0.239. The monoisotopic (exact) mass is 358 g/mol. The number of oxazole rings is 1. The number of carbonyl (C=O) groups excluding carboxylic acids is 1. The van der Waals surface area contributed by atoms with E-state index in [-0.39, 0.29) is 12.5 Å². The van der Waals surface area contributed by atoms with Gasteiger partial charge in [0.2, 0.25) is 5.89 Å². The number of aromatic nitrogens is 1. The molecule has 130 valence electrons. The van der Waals surface area contributed by atoms with Gasteiger partial charge in [0, 0.05) is 11.1 Å². The zero-order valence-electron chi connectivity index (χ0n) is 14.2. The molecule has 0 aliphatic carbocycles. The number of nitrogens with zero attached hydrogens (tertiary/aromatic N) is 1. The second-order valence-corrected chi connectivity index (χ2v) is 6.26. The van der Waals surface area contributed by atoms with Gasteiger partial charge in [-0.2, -0.15) is 0 Å². The number of nitrogens with one attached hydrogen (secondary N) is 1. The molecule has 2 aromatic heterocycles. The van der Waals surface area contributed by atoms with Crippen LogP contribution in [0.15, 0.2) is 40.3 Å². The maximum atomic E-state index is 12.4. The van der Waals surface area contributed by atoms with Crippen molar-refractivity contribution in [1.82, 2.24) is 10.3 Å². The van der Waals surface area contributed by atoms with Crippen LogP contribution in [0.2, 0.25) is 0 Å². The third-order valence-electron chi connectivity index (χ3n) is 3.73. The Morgan fingerprint density at radius 2 is 2.00 bits per heavy atom. The highest BCUT2D eigenvalue weighted by Crippen LogP contribution is 2.29. The lowest BCUT2D eigenvalue weighted by Gasteiger charge is -2.12. The number of methoxy groups -OCH3 is 2. The normalized spacial score (nSPS) is 10.5. The van der Waals surface area contributed by atoms with Crippen molar-refractivity contribution in [3.63, 3.8) is 0 Å². The summed E-state index contributed by atoms with van der Waals surface area (Å²) in [6.07, 6.45) is 1.55. The molecule has 25 heavy (non-hydrogen) atoms. The van der Waals surface area contributed by atoms with Crippen LogP contribution in [0.1, 0.15) is 21.6 Å². The molecule has 1 N–H and O–H groups in total. The third-order valence-corrected chi connectivity index (χ3v) is 4.59. The van der Waals surface area contributed by atoms with E-state index in [1.54, 1.807) is 44.0 Å². The van der Waals surface area contributed by atoms with E-state index in [0.717, 1.165) is 10.4 Å². The average Bonchev–Trinajstić information content (AvgIpc) is 3.31. The molecule has 3 aromatic rings. The van der Waals surface area contributed by atoms with Gasteiger partial charge >= 0.3 is 0 Å². The number of ether oxygens (including phenoxy) is 2. The molecule has 2 heterocycles. The van der Waals surface area contributed by atoms with Crippen LogP contribution in [0.5, 0.6) is 11.5 Å². The summed E-state index contributed by atoms with van der Waals surface area (Å²) in [6, 6.07) is 7.24. The summed E-state index contributed by atoms with van der Waals surface area (Å²) in [5, 5.41) is 4.78. The summed E-state index contributed by atoms with van der Waals surface area (Å²) in [5.41, 5.74) is 1.96. The molecule has 0 aliphatic rings. The topological polar surface area (TPSA) is 73.6 Å². The van der Waals surface area contributed by atoms with Crippen LogP contribution in [0.25, 0.3) is 10.8 Å². The SMILES string of the molecule is COc1cc(C(=O)NCc2coc(-c3cccs3)n2)cc(OC)c1C. The Morgan fingerprint density at radius 3 is 2.60 bits per heavy atom. The smallest absolute Gasteiger partial charge is 0.251 e. The summed E-state index contributed by atoms with van der Waals surface area (Å²) < 4.78 is 16.0. The van der Waals surface area contributed by atoms with Crippen LogP contribution in [-0.4, -0.2) is 25.1 Å². The molecule has 0 fully saturated rings. The maximum absolute atomic E-state index is 12.4. The van der Waals surface area contributed by atoms with E-state index >= 15 is 0 Å². The average molecular weight is 358 g/mol. The Balaban J connectivity index is 1.71. The molecule has 1 amide bonds. The van der Waals surface area contributed by atoms with E-state index in [9.17, 15) is 4.79 Å². The number of amides is 1. The molecule has 1 aromatic carbocycles. The van der Waals surface area contributed by atoms with Gasteiger partial charge in [0.1, 0.15) is 17.8 Å². The van der Waals surface area contributed by atoms with Gasteiger partial charge in [0.25, 0.3) is 5.91 Å². The second-order valence-electron chi connectivity index (χ2n) is 5.31. The van der Waals surface area contributed by atoms with Gasteiger partial charge in [-0.05, 0) is 30.5 Å². The lowest BCUT2D eigenvalue weighted by Crippen LogP contribution is -2.23. The van der Waals surface area contributed by atoms with Gasteiger partial charge in [0.15, 0.2) is 0 Å². The van der Waals surface area contributed by atoms with Gasteiger partial charge in [-0.25, -0.2) is 4.98 Å². The van der Waals surface area contributed by atoms with E-state index in [1.807, 2.05) is 24.4 Å². The molecule has 0 saturated carbocycles. The van der Waals surface area contributed by atoms with Gasteiger partial charge in [-0.15, -0.1) is 11.3 Å². The highest BCUT2D eigenvalue weighted by Gasteiger charge is 2.14. The van der Waals surface area contributed by atoms with Crippen molar-refractivity contribution in [2.24, 2.45) is 0 Å². The number of hydrogen-bond acceptors (Lipinski definition) is 6. The Bertz CT molecular complexity index is 846. The minimum Gasteiger partial charge on any atom is -0.496 e. The van der Waals surface area contributed by atoms with E-state index in [4.69, 9.17) is 13.9 Å².